The van der Waals surface area contributed by atoms with Crippen LogP contribution in [0.2, 0.25) is 5.02 Å². The first-order chi connectivity index (χ1) is 12.2. The minimum atomic E-state index is -0.880. The van der Waals surface area contributed by atoms with Crippen molar-refractivity contribution in [2.75, 3.05) is 13.7 Å². The maximum atomic E-state index is 13.8. The lowest BCUT2D eigenvalue weighted by Gasteiger charge is -2.24. The van der Waals surface area contributed by atoms with Gasteiger partial charge >= 0.3 is 5.97 Å². The molecule has 0 bridgehead atoms. The van der Waals surface area contributed by atoms with E-state index in [9.17, 15) is 14.0 Å². The van der Waals surface area contributed by atoms with Gasteiger partial charge in [0.25, 0.3) is 5.91 Å². The Balaban J connectivity index is 1.96. The fraction of sp³-hybridized carbons (Fsp3) is 0.300. The van der Waals surface area contributed by atoms with Crippen molar-refractivity contribution in [3.8, 4) is 0 Å². The van der Waals surface area contributed by atoms with E-state index in [0.717, 1.165) is 5.56 Å². The fourth-order valence-corrected chi connectivity index (χ4v) is 2.62. The molecule has 0 heterocycles. The second kappa shape index (κ2) is 8.32. The van der Waals surface area contributed by atoms with Crippen molar-refractivity contribution in [1.82, 2.24) is 4.90 Å². The van der Waals surface area contributed by atoms with Gasteiger partial charge in [0.1, 0.15) is 5.82 Å². The van der Waals surface area contributed by atoms with Crippen LogP contribution < -0.4 is 0 Å². The summed E-state index contributed by atoms with van der Waals surface area (Å²) in [5, 5.41) is 0.242. The molecule has 138 valence electrons. The van der Waals surface area contributed by atoms with Crippen molar-refractivity contribution >= 4 is 23.5 Å². The summed E-state index contributed by atoms with van der Waals surface area (Å²) in [5.74, 6) is -1.43. The Hall–Kier alpha value is -2.40. The van der Waals surface area contributed by atoms with E-state index < -0.39 is 29.7 Å². The van der Waals surface area contributed by atoms with Gasteiger partial charge in [0.2, 0.25) is 0 Å². The van der Waals surface area contributed by atoms with Crippen molar-refractivity contribution in [1.29, 1.82) is 0 Å². The zero-order valence-corrected chi connectivity index (χ0v) is 15.7. The molecular formula is C20H21ClFNO3. The molecule has 0 aliphatic heterocycles. The molecule has 2 aromatic carbocycles. The summed E-state index contributed by atoms with van der Waals surface area (Å²) in [6.07, 6.45) is 0. The molecule has 1 amide bonds. The molecule has 0 unspecified atom stereocenters. The standard InChI is InChI=1S/C20H21ClFNO3/c1-20(2,14-8-5-4-6-9-14)19(25)26-13-18(24)23(3)12-15-16(21)10-7-11-17(15)22/h4-11H,12-13H2,1-3H3. The Morgan fingerprint density at radius 1 is 1.12 bits per heavy atom. The topological polar surface area (TPSA) is 46.6 Å². The molecule has 0 N–H and O–H groups in total. The molecular weight excluding hydrogens is 357 g/mol. The van der Waals surface area contributed by atoms with Crippen LogP contribution in [0.1, 0.15) is 25.0 Å². The Kier molecular flexibility index (Phi) is 6.37. The van der Waals surface area contributed by atoms with Crippen LogP contribution in [-0.2, 0) is 26.3 Å². The normalized spacial score (nSPS) is 11.1. The molecule has 0 saturated carbocycles. The van der Waals surface area contributed by atoms with Crippen LogP contribution in [0.4, 0.5) is 4.39 Å². The van der Waals surface area contributed by atoms with Crippen molar-refractivity contribution < 1.29 is 18.7 Å². The monoisotopic (exact) mass is 377 g/mol. The first-order valence-corrected chi connectivity index (χ1v) is 8.51. The number of carbonyl (C=O) groups is 2. The van der Waals surface area contributed by atoms with E-state index in [1.807, 2.05) is 30.3 Å². The van der Waals surface area contributed by atoms with E-state index >= 15 is 0 Å². The third-order valence-electron chi connectivity index (χ3n) is 4.22. The van der Waals surface area contributed by atoms with Gasteiger partial charge in [-0.25, -0.2) is 4.39 Å². The second-order valence-corrected chi connectivity index (χ2v) is 6.92. The maximum absolute atomic E-state index is 13.8. The lowest BCUT2D eigenvalue weighted by molar-refractivity contribution is -0.155. The highest BCUT2D eigenvalue weighted by molar-refractivity contribution is 6.31. The number of ether oxygens (including phenoxy) is 1. The number of likely N-dealkylation sites (N-methyl/N-ethyl adjacent to an activating group) is 1. The van der Waals surface area contributed by atoms with Crippen LogP contribution in [0.3, 0.4) is 0 Å². The first kappa shape index (κ1) is 19.9. The summed E-state index contributed by atoms with van der Waals surface area (Å²) in [4.78, 5) is 25.9. The van der Waals surface area contributed by atoms with E-state index in [0.29, 0.717) is 0 Å². The van der Waals surface area contributed by atoms with E-state index in [-0.39, 0.29) is 17.1 Å². The molecule has 2 rings (SSSR count). The van der Waals surface area contributed by atoms with Crippen molar-refractivity contribution in [3.05, 3.63) is 70.5 Å². The number of esters is 1. The zero-order chi connectivity index (χ0) is 19.3. The van der Waals surface area contributed by atoms with E-state index in [4.69, 9.17) is 16.3 Å². The second-order valence-electron chi connectivity index (χ2n) is 6.52. The lowest BCUT2D eigenvalue weighted by Crippen LogP contribution is -2.36. The lowest BCUT2D eigenvalue weighted by atomic mass is 9.85. The Labute approximate surface area is 157 Å². The zero-order valence-electron chi connectivity index (χ0n) is 15.0. The van der Waals surface area contributed by atoms with Crippen LogP contribution in [0.25, 0.3) is 0 Å². The summed E-state index contributed by atoms with van der Waals surface area (Å²) in [6, 6.07) is 13.5. The van der Waals surface area contributed by atoms with Gasteiger partial charge in [0.15, 0.2) is 6.61 Å². The molecule has 0 aromatic heterocycles. The van der Waals surface area contributed by atoms with Crippen LogP contribution in [0.5, 0.6) is 0 Å². The average molecular weight is 378 g/mol. The van der Waals surface area contributed by atoms with E-state index in [1.54, 1.807) is 19.9 Å². The van der Waals surface area contributed by atoms with Crippen molar-refractivity contribution in [2.45, 2.75) is 25.8 Å². The highest BCUT2D eigenvalue weighted by Gasteiger charge is 2.32. The minimum Gasteiger partial charge on any atom is -0.455 e. The van der Waals surface area contributed by atoms with Gasteiger partial charge in [0, 0.05) is 24.2 Å². The molecule has 0 atom stereocenters. The Morgan fingerprint density at radius 3 is 2.38 bits per heavy atom. The summed E-state index contributed by atoms with van der Waals surface area (Å²) < 4.78 is 19.0. The molecule has 0 spiro atoms. The summed E-state index contributed by atoms with van der Waals surface area (Å²) >= 11 is 5.97. The minimum absolute atomic E-state index is 0.00995. The molecule has 0 radical (unpaired) electrons. The highest BCUT2D eigenvalue weighted by atomic mass is 35.5. The van der Waals surface area contributed by atoms with Crippen molar-refractivity contribution in [3.63, 3.8) is 0 Å². The molecule has 0 aliphatic carbocycles. The highest BCUT2D eigenvalue weighted by Crippen LogP contribution is 2.24. The summed E-state index contributed by atoms with van der Waals surface area (Å²) in [5.41, 5.74) is 0.138. The van der Waals surface area contributed by atoms with Crippen LogP contribution in [0, 0.1) is 5.82 Å². The molecule has 0 saturated heterocycles. The molecule has 2 aromatic rings. The number of benzene rings is 2. The van der Waals surface area contributed by atoms with Gasteiger partial charge in [0.05, 0.1) is 5.41 Å². The van der Waals surface area contributed by atoms with E-state index in [1.165, 1.54) is 24.1 Å². The number of hydrogen-bond acceptors (Lipinski definition) is 3. The van der Waals surface area contributed by atoms with Crippen LogP contribution >= 0.6 is 11.6 Å². The van der Waals surface area contributed by atoms with Gasteiger partial charge < -0.3 is 9.64 Å². The SMILES string of the molecule is CN(Cc1c(F)cccc1Cl)C(=O)COC(=O)C(C)(C)c1ccccc1. The number of nitrogens with zero attached hydrogens (tertiary/aromatic N) is 1. The van der Waals surface area contributed by atoms with Gasteiger partial charge in [-0.1, -0.05) is 48.0 Å². The predicted octanol–water partition coefficient (Wildman–Crippen LogP) is 3.96. The number of carbonyl (C=O) groups excluding carboxylic acids is 2. The quantitative estimate of drug-likeness (QED) is 0.716. The van der Waals surface area contributed by atoms with Gasteiger partial charge in [-0.3, -0.25) is 9.59 Å². The number of rotatable bonds is 6. The smallest absolute Gasteiger partial charge is 0.316 e. The third-order valence-corrected chi connectivity index (χ3v) is 4.57. The molecule has 26 heavy (non-hydrogen) atoms. The van der Waals surface area contributed by atoms with Gasteiger partial charge in [-0.2, -0.15) is 0 Å². The molecule has 6 heteroatoms. The maximum Gasteiger partial charge on any atom is 0.316 e. The number of amides is 1. The van der Waals surface area contributed by atoms with Gasteiger partial charge in [-0.15, -0.1) is 0 Å². The van der Waals surface area contributed by atoms with E-state index in [2.05, 4.69) is 0 Å². The molecule has 4 nitrogen and oxygen atoms in total. The largest absolute Gasteiger partial charge is 0.455 e. The number of hydrogen-bond donors (Lipinski definition) is 0. The van der Waals surface area contributed by atoms with Crippen molar-refractivity contribution in [2.24, 2.45) is 0 Å². The van der Waals surface area contributed by atoms with Crippen LogP contribution in [-0.4, -0.2) is 30.4 Å². The predicted molar refractivity (Wildman–Crippen MR) is 98.3 cm³/mol. The van der Waals surface area contributed by atoms with Crippen LogP contribution in [0.15, 0.2) is 48.5 Å². The molecule has 0 aliphatic rings. The average Bonchev–Trinajstić information content (AvgIpc) is 2.63. The van der Waals surface area contributed by atoms with Gasteiger partial charge in [-0.05, 0) is 31.5 Å². The third kappa shape index (κ3) is 4.61. The Morgan fingerprint density at radius 2 is 1.77 bits per heavy atom. The Bertz CT molecular complexity index is 773. The molecule has 0 fully saturated rings. The fourth-order valence-electron chi connectivity index (χ4n) is 2.40. The first-order valence-electron chi connectivity index (χ1n) is 8.13. The summed E-state index contributed by atoms with van der Waals surface area (Å²) in [6.45, 7) is 3.04. The summed E-state index contributed by atoms with van der Waals surface area (Å²) in [7, 11) is 1.50. The number of halogens is 2.